The highest BCUT2D eigenvalue weighted by Crippen LogP contribution is 2.38. The van der Waals surface area contributed by atoms with Gasteiger partial charge in [0.2, 0.25) is 0 Å². The molecule has 1 aliphatic rings. The van der Waals surface area contributed by atoms with Crippen molar-refractivity contribution < 1.29 is 0 Å². The number of nitriles is 1. The van der Waals surface area contributed by atoms with Gasteiger partial charge in [-0.2, -0.15) is 5.26 Å². The second-order valence-corrected chi connectivity index (χ2v) is 3.40. The van der Waals surface area contributed by atoms with Crippen molar-refractivity contribution in [3.05, 3.63) is 23.3 Å². The molecule has 0 unspecified atom stereocenters. The van der Waals surface area contributed by atoms with E-state index in [-0.39, 0.29) is 0 Å². The third-order valence-electron chi connectivity index (χ3n) is 2.48. The Kier molecular flexibility index (Phi) is 2.70. The van der Waals surface area contributed by atoms with Crippen molar-refractivity contribution in [3.63, 3.8) is 0 Å². The Bertz CT molecular complexity index is 261. The second-order valence-electron chi connectivity index (χ2n) is 3.40. The molecule has 12 heavy (non-hydrogen) atoms. The van der Waals surface area contributed by atoms with E-state index in [2.05, 4.69) is 19.6 Å². The van der Waals surface area contributed by atoms with Crippen LogP contribution in [0, 0.1) is 17.2 Å². The highest BCUT2D eigenvalue weighted by Gasteiger charge is 2.25. The Morgan fingerprint density at radius 3 is 2.50 bits per heavy atom. The second kappa shape index (κ2) is 3.58. The Morgan fingerprint density at radius 1 is 1.58 bits per heavy atom. The van der Waals surface area contributed by atoms with Crippen LogP contribution in [0.4, 0.5) is 0 Å². The molecule has 1 saturated carbocycles. The number of allylic oxidation sites excluding steroid dienone is 3. The summed E-state index contributed by atoms with van der Waals surface area (Å²) >= 11 is 0. The molecule has 1 nitrogen and oxygen atoms in total. The lowest BCUT2D eigenvalue weighted by Gasteiger charge is -2.04. The van der Waals surface area contributed by atoms with E-state index in [9.17, 15) is 0 Å². The number of nitrogens with zero attached hydrogens (tertiary/aromatic N) is 1. The van der Waals surface area contributed by atoms with Gasteiger partial charge >= 0.3 is 0 Å². The first-order valence-corrected chi connectivity index (χ1v) is 4.49. The fourth-order valence-electron chi connectivity index (χ4n) is 1.34. The zero-order valence-electron chi connectivity index (χ0n) is 7.85. The molecule has 0 aromatic carbocycles. The van der Waals surface area contributed by atoms with Gasteiger partial charge in [0, 0.05) is 0 Å². The van der Waals surface area contributed by atoms with E-state index in [0.29, 0.717) is 5.92 Å². The molecular formula is C11H15N. The molecule has 0 saturated heterocycles. The first-order valence-electron chi connectivity index (χ1n) is 4.49. The Balaban J connectivity index is 2.85. The van der Waals surface area contributed by atoms with E-state index in [4.69, 9.17) is 5.26 Å². The third kappa shape index (κ3) is 1.76. The van der Waals surface area contributed by atoms with E-state index in [0.717, 1.165) is 17.6 Å². The molecule has 0 aliphatic heterocycles. The van der Waals surface area contributed by atoms with Crippen molar-refractivity contribution >= 4 is 0 Å². The molecule has 0 heterocycles. The normalized spacial score (nSPS) is 18.1. The summed E-state index contributed by atoms with van der Waals surface area (Å²) in [6.07, 6.45) is 3.40. The van der Waals surface area contributed by atoms with E-state index < -0.39 is 0 Å². The lowest BCUT2D eigenvalue weighted by molar-refractivity contribution is 0.976. The van der Waals surface area contributed by atoms with E-state index in [1.165, 1.54) is 18.4 Å². The first-order chi connectivity index (χ1) is 5.70. The van der Waals surface area contributed by atoms with Crippen LogP contribution in [0.15, 0.2) is 23.3 Å². The van der Waals surface area contributed by atoms with Crippen LogP contribution in [0.3, 0.4) is 0 Å². The average molecular weight is 161 g/mol. The maximum absolute atomic E-state index is 8.91. The predicted octanol–water partition coefficient (Wildman–Crippen LogP) is 3.20. The summed E-state index contributed by atoms with van der Waals surface area (Å²) in [7, 11) is 0. The highest BCUT2D eigenvalue weighted by molar-refractivity contribution is 5.44. The van der Waals surface area contributed by atoms with Gasteiger partial charge in [0.25, 0.3) is 0 Å². The average Bonchev–Trinajstić information content (AvgIpc) is 2.87. The van der Waals surface area contributed by atoms with Crippen LogP contribution in [-0.2, 0) is 0 Å². The zero-order valence-corrected chi connectivity index (χ0v) is 7.85. The molecule has 1 fully saturated rings. The number of hydrogen-bond donors (Lipinski definition) is 0. The molecule has 0 aromatic heterocycles. The minimum Gasteiger partial charge on any atom is -0.192 e. The van der Waals surface area contributed by atoms with E-state index in [1.807, 2.05) is 6.92 Å². The van der Waals surface area contributed by atoms with Crippen LogP contribution >= 0.6 is 0 Å². The van der Waals surface area contributed by atoms with Gasteiger partial charge in [-0.3, -0.25) is 0 Å². The smallest absolute Gasteiger partial charge is 0.0993 e. The molecule has 1 rings (SSSR count). The molecule has 1 aliphatic carbocycles. The Hall–Kier alpha value is -1.03. The van der Waals surface area contributed by atoms with Gasteiger partial charge < -0.3 is 0 Å². The molecule has 0 radical (unpaired) electrons. The molecule has 0 aromatic rings. The lowest BCUT2D eigenvalue weighted by atomic mass is 9.99. The Morgan fingerprint density at radius 2 is 2.17 bits per heavy atom. The van der Waals surface area contributed by atoms with Gasteiger partial charge in [-0.05, 0) is 37.7 Å². The van der Waals surface area contributed by atoms with Crippen LogP contribution in [0.25, 0.3) is 0 Å². The van der Waals surface area contributed by atoms with Crippen molar-refractivity contribution in [2.45, 2.75) is 33.1 Å². The minimum absolute atomic E-state index is 0.683. The topological polar surface area (TPSA) is 23.8 Å². The van der Waals surface area contributed by atoms with Crippen LogP contribution in [0.2, 0.25) is 0 Å². The van der Waals surface area contributed by atoms with Crippen molar-refractivity contribution in [2.24, 2.45) is 5.92 Å². The summed E-state index contributed by atoms with van der Waals surface area (Å²) in [5, 5.41) is 8.91. The molecule has 1 heteroatoms. The summed E-state index contributed by atoms with van der Waals surface area (Å²) in [6.45, 7) is 8.00. The molecule has 0 amide bonds. The quantitative estimate of drug-likeness (QED) is 0.460. The molecule has 0 atom stereocenters. The van der Waals surface area contributed by atoms with Gasteiger partial charge in [0.05, 0.1) is 11.6 Å². The summed E-state index contributed by atoms with van der Waals surface area (Å²) in [5.74, 6) is 0.683. The highest BCUT2D eigenvalue weighted by atomic mass is 14.3. The van der Waals surface area contributed by atoms with E-state index in [1.54, 1.807) is 0 Å². The van der Waals surface area contributed by atoms with Crippen LogP contribution < -0.4 is 0 Å². The van der Waals surface area contributed by atoms with E-state index >= 15 is 0 Å². The summed E-state index contributed by atoms with van der Waals surface area (Å²) < 4.78 is 0. The van der Waals surface area contributed by atoms with Crippen molar-refractivity contribution in [3.8, 4) is 6.07 Å². The fraction of sp³-hybridized carbons (Fsp3) is 0.545. The monoisotopic (exact) mass is 161 g/mol. The molecule has 0 bridgehead atoms. The van der Waals surface area contributed by atoms with Gasteiger partial charge in [-0.15, -0.1) is 0 Å². The molecule has 64 valence electrons. The molecule has 0 N–H and O–H groups in total. The number of hydrogen-bond acceptors (Lipinski definition) is 1. The van der Waals surface area contributed by atoms with Gasteiger partial charge in [0.15, 0.2) is 0 Å². The molecule has 0 spiro atoms. The SMILES string of the molecule is C=C(CC)/C(C#N)=C(/C)C1CC1. The van der Waals surface area contributed by atoms with Crippen molar-refractivity contribution in [2.75, 3.05) is 0 Å². The zero-order chi connectivity index (χ0) is 9.14. The lowest BCUT2D eigenvalue weighted by Crippen LogP contribution is -1.91. The molecular weight excluding hydrogens is 146 g/mol. The maximum atomic E-state index is 8.91. The van der Waals surface area contributed by atoms with Crippen LogP contribution in [-0.4, -0.2) is 0 Å². The van der Waals surface area contributed by atoms with Gasteiger partial charge in [-0.1, -0.05) is 19.1 Å². The standard InChI is InChI=1S/C11H15N/c1-4-8(2)11(7-12)9(3)10-5-6-10/h10H,2,4-6H2,1,3H3/b11-9-. The van der Waals surface area contributed by atoms with Crippen LogP contribution in [0.5, 0.6) is 0 Å². The summed E-state index contributed by atoms with van der Waals surface area (Å²) in [6, 6.07) is 2.25. The number of rotatable bonds is 3. The summed E-state index contributed by atoms with van der Waals surface area (Å²) in [5.41, 5.74) is 3.09. The van der Waals surface area contributed by atoms with Gasteiger partial charge in [-0.25, -0.2) is 0 Å². The van der Waals surface area contributed by atoms with Crippen LogP contribution in [0.1, 0.15) is 33.1 Å². The van der Waals surface area contributed by atoms with Crippen molar-refractivity contribution in [1.82, 2.24) is 0 Å². The largest absolute Gasteiger partial charge is 0.192 e. The Labute approximate surface area is 74.4 Å². The summed E-state index contributed by atoms with van der Waals surface area (Å²) in [4.78, 5) is 0. The fourth-order valence-corrected chi connectivity index (χ4v) is 1.34. The maximum Gasteiger partial charge on any atom is 0.0993 e. The third-order valence-corrected chi connectivity index (χ3v) is 2.48. The predicted molar refractivity (Wildman–Crippen MR) is 50.5 cm³/mol. The van der Waals surface area contributed by atoms with Crippen molar-refractivity contribution in [1.29, 1.82) is 5.26 Å². The van der Waals surface area contributed by atoms with Gasteiger partial charge in [0.1, 0.15) is 0 Å². The first kappa shape index (κ1) is 9.06. The minimum atomic E-state index is 0.683.